The molecule has 0 aliphatic carbocycles. The van der Waals surface area contributed by atoms with Crippen molar-refractivity contribution in [3.05, 3.63) is 41.1 Å². The maximum absolute atomic E-state index is 12.9. The van der Waals surface area contributed by atoms with Gasteiger partial charge in [-0.05, 0) is 37.5 Å². The van der Waals surface area contributed by atoms with Crippen LogP contribution in [0.2, 0.25) is 0 Å². The van der Waals surface area contributed by atoms with Crippen molar-refractivity contribution in [2.45, 2.75) is 26.7 Å². The molecule has 1 N–H and O–H groups in total. The molecule has 2 amide bonds. The van der Waals surface area contributed by atoms with Crippen LogP contribution in [-0.2, 0) is 20.7 Å². The number of aryl methyl sites for hydroxylation is 2. The summed E-state index contributed by atoms with van der Waals surface area (Å²) in [6, 6.07) is 8.06. The van der Waals surface area contributed by atoms with Crippen LogP contribution in [0.15, 0.2) is 24.3 Å². The van der Waals surface area contributed by atoms with Gasteiger partial charge < -0.3 is 15.0 Å². The predicted octanol–water partition coefficient (Wildman–Crippen LogP) is 1.69. The number of benzene rings is 1. The fraction of sp³-hybridized carbons (Fsp3) is 0.522. The lowest BCUT2D eigenvalue weighted by Crippen LogP contribution is -2.51. The highest BCUT2D eigenvalue weighted by molar-refractivity contribution is 5.86. The molecular formula is C23H32N4O3. The van der Waals surface area contributed by atoms with Crippen LogP contribution < -0.4 is 5.32 Å². The van der Waals surface area contributed by atoms with Crippen LogP contribution in [0, 0.1) is 13.8 Å². The van der Waals surface area contributed by atoms with Crippen LogP contribution in [0.5, 0.6) is 0 Å². The molecule has 1 aromatic carbocycles. The second-order valence-corrected chi connectivity index (χ2v) is 7.85. The minimum Gasteiger partial charge on any atom is -0.385 e. The molecule has 7 heteroatoms. The molecule has 0 bridgehead atoms. The van der Waals surface area contributed by atoms with Gasteiger partial charge in [0.25, 0.3) is 0 Å². The second kappa shape index (κ2) is 10.5. The number of ether oxygens (including phenoxy) is 1. The number of carbonyl (C=O) groups is 2. The van der Waals surface area contributed by atoms with Crippen molar-refractivity contribution >= 4 is 22.7 Å². The van der Waals surface area contributed by atoms with Crippen LogP contribution in [0.25, 0.3) is 10.9 Å². The molecule has 30 heavy (non-hydrogen) atoms. The van der Waals surface area contributed by atoms with E-state index < -0.39 is 0 Å². The molecule has 1 aliphatic rings. The smallest absolute Gasteiger partial charge is 0.234 e. The van der Waals surface area contributed by atoms with Gasteiger partial charge in [0.1, 0.15) is 0 Å². The molecule has 162 valence electrons. The number of piperazine rings is 1. The summed E-state index contributed by atoms with van der Waals surface area (Å²) >= 11 is 0. The van der Waals surface area contributed by atoms with Crippen LogP contribution >= 0.6 is 0 Å². The molecule has 1 saturated heterocycles. The van der Waals surface area contributed by atoms with E-state index in [1.54, 1.807) is 7.11 Å². The number of rotatable bonds is 8. The first kappa shape index (κ1) is 22.2. The molecule has 7 nitrogen and oxygen atoms in total. The molecule has 1 aromatic heterocycles. The van der Waals surface area contributed by atoms with Crippen LogP contribution in [0.4, 0.5) is 0 Å². The number of amides is 2. The highest BCUT2D eigenvalue weighted by Gasteiger charge is 2.23. The summed E-state index contributed by atoms with van der Waals surface area (Å²) in [6.07, 6.45) is 1.18. The van der Waals surface area contributed by atoms with E-state index in [4.69, 9.17) is 4.74 Å². The van der Waals surface area contributed by atoms with Crippen molar-refractivity contribution in [2.24, 2.45) is 0 Å². The SMILES string of the molecule is COCCCNC(=O)CN1CCN(C(=O)Cc2c(C)nc3ccccc3c2C)CC1. The van der Waals surface area contributed by atoms with E-state index in [9.17, 15) is 9.59 Å². The summed E-state index contributed by atoms with van der Waals surface area (Å²) in [4.78, 5) is 33.6. The molecular weight excluding hydrogens is 380 g/mol. The predicted molar refractivity (Wildman–Crippen MR) is 117 cm³/mol. The zero-order valence-electron chi connectivity index (χ0n) is 18.2. The maximum Gasteiger partial charge on any atom is 0.234 e. The summed E-state index contributed by atoms with van der Waals surface area (Å²) in [6.45, 7) is 8.42. The molecule has 3 rings (SSSR count). The van der Waals surface area contributed by atoms with Gasteiger partial charge in [-0.15, -0.1) is 0 Å². The Labute approximate surface area is 178 Å². The normalized spacial score (nSPS) is 14.8. The molecule has 1 aliphatic heterocycles. The van der Waals surface area contributed by atoms with E-state index in [-0.39, 0.29) is 11.8 Å². The number of aromatic nitrogens is 1. The lowest BCUT2D eigenvalue weighted by atomic mass is 9.99. The number of nitrogens with one attached hydrogen (secondary N) is 1. The summed E-state index contributed by atoms with van der Waals surface area (Å²) in [5.74, 6) is 0.154. The van der Waals surface area contributed by atoms with Gasteiger partial charge in [0.2, 0.25) is 11.8 Å². The van der Waals surface area contributed by atoms with E-state index in [1.165, 1.54) is 0 Å². The zero-order valence-corrected chi connectivity index (χ0v) is 18.2. The van der Waals surface area contributed by atoms with Crippen molar-refractivity contribution in [2.75, 3.05) is 53.0 Å². The van der Waals surface area contributed by atoms with Crippen LogP contribution in [0.1, 0.15) is 23.2 Å². The third-order valence-corrected chi connectivity index (χ3v) is 5.75. The first-order valence-corrected chi connectivity index (χ1v) is 10.6. The fourth-order valence-corrected chi connectivity index (χ4v) is 3.95. The third kappa shape index (κ3) is 5.55. The number of fused-ring (bicyclic) bond motifs is 1. The quantitative estimate of drug-likeness (QED) is 0.668. The molecule has 0 spiro atoms. The minimum absolute atomic E-state index is 0.0272. The molecule has 0 unspecified atom stereocenters. The molecule has 0 atom stereocenters. The van der Waals surface area contributed by atoms with Crippen LogP contribution in [0.3, 0.4) is 0 Å². The fourth-order valence-electron chi connectivity index (χ4n) is 3.95. The number of methoxy groups -OCH3 is 1. The molecule has 0 saturated carbocycles. The Hall–Kier alpha value is -2.51. The van der Waals surface area contributed by atoms with Gasteiger partial charge in [-0.2, -0.15) is 0 Å². The van der Waals surface area contributed by atoms with Gasteiger partial charge in [0, 0.05) is 57.5 Å². The van der Waals surface area contributed by atoms with Gasteiger partial charge in [-0.3, -0.25) is 19.5 Å². The lowest BCUT2D eigenvalue weighted by molar-refractivity contribution is -0.132. The van der Waals surface area contributed by atoms with Gasteiger partial charge >= 0.3 is 0 Å². The van der Waals surface area contributed by atoms with E-state index in [2.05, 4.69) is 28.2 Å². The average Bonchev–Trinajstić information content (AvgIpc) is 2.74. The molecule has 2 aromatic rings. The summed E-state index contributed by atoms with van der Waals surface area (Å²) in [7, 11) is 1.65. The number of para-hydroxylation sites is 1. The summed E-state index contributed by atoms with van der Waals surface area (Å²) in [5.41, 5.74) is 4.05. The Morgan fingerprint density at radius 2 is 1.87 bits per heavy atom. The van der Waals surface area contributed by atoms with Crippen molar-refractivity contribution in [3.63, 3.8) is 0 Å². The zero-order chi connectivity index (χ0) is 21.5. The number of carbonyl (C=O) groups excluding carboxylic acids is 2. The van der Waals surface area contributed by atoms with E-state index >= 15 is 0 Å². The van der Waals surface area contributed by atoms with E-state index in [1.807, 2.05) is 30.0 Å². The van der Waals surface area contributed by atoms with Gasteiger partial charge in [0.05, 0.1) is 18.5 Å². The summed E-state index contributed by atoms with van der Waals surface area (Å²) < 4.78 is 4.98. The lowest BCUT2D eigenvalue weighted by Gasteiger charge is -2.34. The Morgan fingerprint density at radius 1 is 1.13 bits per heavy atom. The Balaban J connectivity index is 1.51. The standard InChI is InChI=1S/C23H32N4O3/c1-17-19-7-4-5-8-21(19)25-18(2)20(17)15-23(29)27-12-10-26(11-13-27)16-22(28)24-9-6-14-30-3/h4-5,7-8H,6,9-16H2,1-3H3,(H,24,28). The van der Waals surface area contributed by atoms with Gasteiger partial charge in [-0.25, -0.2) is 0 Å². The average molecular weight is 413 g/mol. The van der Waals surface area contributed by atoms with Crippen molar-refractivity contribution in [1.82, 2.24) is 20.1 Å². The number of hydrogen-bond acceptors (Lipinski definition) is 5. The first-order valence-electron chi connectivity index (χ1n) is 10.6. The Morgan fingerprint density at radius 3 is 2.60 bits per heavy atom. The number of pyridine rings is 1. The van der Waals surface area contributed by atoms with Gasteiger partial charge in [0.15, 0.2) is 0 Å². The third-order valence-electron chi connectivity index (χ3n) is 5.75. The highest BCUT2D eigenvalue weighted by Crippen LogP contribution is 2.23. The van der Waals surface area contributed by atoms with Crippen molar-refractivity contribution < 1.29 is 14.3 Å². The van der Waals surface area contributed by atoms with E-state index in [0.29, 0.717) is 52.3 Å². The minimum atomic E-state index is 0.0272. The maximum atomic E-state index is 12.9. The van der Waals surface area contributed by atoms with Crippen LogP contribution in [-0.4, -0.2) is 79.6 Å². The molecule has 2 heterocycles. The topological polar surface area (TPSA) is 74.8 Å². The van der Waals surface area contributed by atoms with Gasteiger partial charge in [-0.1, -0.05) is 18.2 Å². The number of nitrogens with zero attached hydrogens (tertiary/aromatic N) is 3. The Bertz CT molecular complexity index is 891. The highest BCUT2D eigenvalue weighted by atomic mass is 16.5. The van der Waals surface area contributed by atoms with Crippen molar-refractivity contribution in [3.8, 4) is 0 Å². The number of hydrogen-bond donors (Lipinski definition) is 1. The largest absolute Gasteiger partial charge is 0.385 e. The van der Waals surface area contributed by atoms with E-state index in [0.717, 1.165) is 34.1 Å². The molecule has 0 radical (unpaired) electrons. The first-order chi connectivity index (χ1) is 14.5. The Kier molecular flexibility index (Phi) is 7.76. The molecule has 1 fully saturated rings. The second-order valence-electron chi connectivity index (χ2n) is 7.85. The van der Waals surface area contributed by atoms with Crippen molar-refractivity contribution in [1.29, 1.82) is 0 Å². The summed E-state index contributed by atoms with van der Waals surface area (Å²) in [5, 5.41) is 4.01. The monoisotopic (exact) mass is 412 g/mol.